The first-order chi connectivity index (χ1) is 14.2. The Hall–Kier alpha value is -3.96. The third-order valence-electron chi connectivity index (χ3n) is 4.65. The second kappa shape index (κ2) is 8.37. The molecule has 0 fully saturated rings. The van der Waals surface area contributed by atoms with E-state index in [1.54, 1.807) is 6.92 Å². The van der Waals surface area contributed by atoms with E-state index in [0.29, 0.717) is 5.56 Å². The smallest absolute Gasteiger partial charge is 0.159 e. The van der Waals surface area contributed by atoms with E-state index < -0.39 is 0 Å². The van der Waals surface area contributed by atoms with E-state index in [0.717, 1.165) is 33.6 Å². The van der Waals surface area contributed by atoms with Gasteiger partial charge in [0.2, 0.25) is 0 Å². The molecule has 2 heteroatoms. The van der Waals surface area contributed by atoms with Gasteiger partial charge in [0.1, 0.15) is 0 Å². The zero-order valence-corrected chi connectivity index (χ0v) is 16.1. The van der Waals surface area contributed by atoms with Crippen molar-refractivity contribution in [3.63, 3.8) is 0 Å². The normalized spacial score (nSPS) is 10.1. The van der Waals surface area contributed by atoms with Crippen molar-refractivity contribution in [3.8, 4) is 34.4 Å². The highest BCUT2D eigenvalue weighted by atomic mass is 16.1. The van der Waals surface area contributed by atoms with Crippen LogP contribution in [-0.4, -0.2) is 10.8 Å². The van der Waals surface area contributed by atoms with Gasteiger partial charge in [0.05, 0.1) is 11.4 Å². The highest BCUT2D eigenvalue weighted by Crippen LogP contribution is 2.25. The Kier molecular flexibility index (Phi) is 5.31. The topological polar surface area (TPSA) is 30.0 Å². The lowest BCUT2D eigenvalue weighted by molar-refractivity contribution is 0.101. The van der Waals surface area contributed by atoms with Gasteiger partial charge in [-0.05, 0) is 37.3 Å². The molecule has 0 aliphatic heterocycles. The minimum absolute atomic E-state index is 0.0594. The molecule has 0 N–H and O–H groups in total. The second-order valence-electron chi connectivity index (χ2n) is 6.70. The lowest BCUT2D eigenvalue weighted by Gasteiger charge is -2.07. The van der Waals surface area contributed by atoms with Crippen molar-refractivity contribution >= 4 is 5.78 Å². The molecule has 0 aliphatic rings. The number of Topliss-reactive ketones (excluding diaryl/α,β-unsaturated/α-hetero) is 1. The lowest BCUT2D eigenvalue weighted by Crippen LogP contribution is -1.93. The van der Waals surface area contributed by atoms with Crippen LogP contribution in [-0.2, 0) is 0 Å². The van der Waals surface area contributed by atoms with E-state index in [-0.39, 0.29) is 5.78 Å². The molecule has 0 atom stereocenters. The SMILES string of the molecule is CC(=O)c1ccc(-c2cccc(-c3ccccc3C#Cc3ccccc3)n2)cc1. The van der Waals surface area contributed by atoms with E-state index in [1.807, 2.05) is 97.1 Å². The molecule has 0 aliphatic carbocycles. The van der Waals surface area contributed by atoms with Crippen molar-refractivity contribution in [1.82, 2.24) is 4.98 Å². The summed E-state index contributed by atoms with van der Waals surface area (Å²) in [4.78, 5) is 16.4. The molecule has 138 valence electrons. The van der Waals surface area contributed by atoms with Crippen molar-refractivity contribution in [3.05, 3.63) is 114 Å². The maximum Gasteiger partial charge on any atom is 0.159 e. The molecule has 4 aromatic rings. The van der Waals surface area contributed by atoms with Gasteiger partial charge in [-0.25, -0.2) is 4.98 Å². The summed E-state index contributed by atoms with van der Waals surface area (Å²) in [6.07, 6.45) is 0. The third kappa shape index (κ3) is 4.31. The monoisotopic (exact) mass is 373 g/mol. The van der Waals surface area contributed by atoms with Crippen LogP contribution in [0.4, 0.5) is 0 Å². The van der Waals surface area contributed by atoms with Crippen LogP contribution in [0.15, 0.2) is 97.1 Å². The molecule has 0 unspecified atom stereocenters. The van der Waals surface area contributed by atoms with Gasteiger partial charge in [-0.3, -0.25) is 4.79 Å². The predicted octanol–water partition coefficient (Wildman–Crippen LogP) is 6.02. The third-order valence-corrected chi connectivity index (χ3v) is 4.65. The first-order valence-electron chi connectivity index (χ1n) is 9.45. The van der Waals surface area contributed by atoms with E-state index in [9.17, 15) is 4.79 Å². The molecule has 0 saturated heterocycles. The summed E-state index contributed by atoms with van der Waals surface area (Å²) >= 11 is 0. The first kappa shape index (κ1) is 18.4. The summed E-state index contributed by atoms with van der Waals surface area (Å²) in [5.41, 5.74) is 6.33. The molecule has 0 saturated carbocycles. The van der Waals surface area contributed by atoms with Crippen LogP contribution in [0.1, 0.15) is 28.4 Å². The van der Waals surface area contributed by atoms with Gasteiger partial charge in [-0.15, -0.1) is 0 Å². The molecule has 0 radical (unpaired) electrons. The zero-order valence-electron chi connectivity index (χ0n) is 16.1. The Morgan fingerprint density at radius 2 is 1.38 bits per heavy atom. The molecule has 0 spiro atoms. The molecule has 2 nitrogen and oxygen atoms in total. The Balaban J connectivity index is 1.71. The Morgan fingerprint density at radius 1 is 0.690 bits per heavy atom. The molecule has 0 amide bonds. The van der Waals surface area contributed by atoms with Crippen LogP contribution in [0.5, 0.6) is 0 Å². The molecular weight excluding hydrogens is 354 g/mol. The minimum atomic E-state index is 0.0594. The Morgan fingerprint density at radius 3 is 2.14 bits per heavy atom. The van der Waals surface area contributed by atoms with Crippen molar-refractivity contribution in [2.45, 2.75) is 6.92 Å². The first-order valence-corrected chi connectivity index (χ1v) is 9.45. The van der Waals surface area contributed by atoms with Gasteiger partial charge >= 0.3 is 0 Å². The number of nitrogens with zero attached hydrogens (tertiary/aromatic N) is 1. The molecule has 3 aromatic carbocycles. The van der Waals surface area contributed by atoms with Gasteiger partial charge in [-0.1, -0.05) is 78.6 Å². The molecule has 1 heterocycles. The number of rotatable bonds is 3. The van der Waals surface area contributed by atoms with Gasteiger partial charge in [0.15, 0.2) is 5.78 Å². The maximum absolute atomic E-state index is 11.5. The summed E-state index contributed by atoms with van der Waals surface area (Å²) in [5.74, 6) is 6.56. The average Bonchev–Trinajstić information content (AvgIpc) is 2.79. The fraction of sp³-hybridized carbons (Fsp3) is 0.0370. The van der Waals surface area contributed by atoms with Crippen LogP contribution in [0.2, 0.25) is 0 Å². The largest absolute Gasteiger partial charge is 0.295 e. The summed E-state index contributed by atoms with van der Waals surface area (Å²) < 4.78 is 0. The average molecular weight is 373 g/mol. The summed E-state index contributed by atoms with van der Waals surface area (Å²) in [7, 11) is 0. The van der Waals surface area contributed by atoms with Crippen molar-refractivity contribution in [2.24, 2.45) is 0 Å². The number of hydrogen-bond acceptors (Lipinski definition) is 2. The number of ketones is 1. The van der Waals surface area contributed by atoms with Crippen LogP contribution < -0.4 is 0 Å². The minimum Gasteiger partial charge on any atom is -0.295 e. The molecule has 0 bridgehead atoms. The second-order valence-corrected chi connectivity index (χ2v) is 6.70. The van der Waals surface area contributed by atoms with Crippen LogP contribution >= 0.6 is 0 Å². The summed E-state index contributed by atoms with van der Waals surface area (Å²) in [6, 6.07) is 31.5. The van der Waals surface area contributed by atoms with Gasteiger partial charge in [0, 0.05) is 27.8 Å². The molecule has 1 aromatic heterocycles. The highest BCUT2D eigenvalue weighted by molar-refractivity contribution is 5.94. The van der Waals surface area contributed by atoms with Crippen LogP contribution in [0.3, 0.4) is 0 Å². The van der Waals surface area contributed by atoms with E-state index in [2.05, 4.69) is 11.8 Å². The zero-order chi connectivity index (χ0) is 20.1. The van der Waals surface area contributed by atoms with E-state index >= 15 is 0 Å². The van der Waals surface area contributed by atoms with Crippen molar-refractivity contribution in [2.75, 3.05) is 0 Å². The number of carbonyl (C=O) groups is 1. The Labute approximate surface area is 170 Å². The number of carbonyl (C=O) groups excluding carboxylic acids is 1. The summed E-state index contributed by atoms with van der Waals surface area (Å²) in [5, 5.41) is 0. The number of hydrogen-bond donors (Lipinski definition) is 0. The number of pyridine rings is 1. The lowest BCUT2D eigenvalue weighted by atomic mass is 10.0. The standard InChI is InChI=1S/C27H19NO/c1-20(29)22-16-18-24(19-17-22)26-12-7-13-27(28-26)25-11-6-5-10-23(25)15-14-21-8-3-2-4-9-21/h2-13,16-19H,1H3. The molecule has 29 heavy (non-hydrogen) atoms. The van der Waals surface area contributed by atoms with E-state index in [1.165, 1.54) is 0 Å². The van der Waals surface area contributed by atoms with Crippen molar-refractivity contribution < 1.29 is 4.79 Å². The van der Waals surface area contributed by atoms with Gasteiger partial charge in [0.25, 0.3) is 0 Å². The van der Waals surface area contributed by atoms with Gasteiger partial charge in [-0.2, -0.15) is 0 Å². The Bertz CT molecular complexity index is 1210. The van der Waals surface area contributed by atoms with E-state index in [4.69, 9.17) is 4.98 Å². The summed E-state index contributed by atoms with van der Waals surface area (Å²) in [6.45, 7) is 1.57. The quantitative estimate of drug-likeness (QED) is 0.325. The number of aromatic nitrogens is 1. The van der Waals surface area contributed by atoms with Gasteiger partial charge < -0.3 is 0 Å². The van der Waals surface area contributed by atoms with Crippen molar-refractivity contribution in [1.29, 1.82) is 0 Å². The molecular formula is C27H19NO. The molecule has 4 rings (SSSR count). The predicted molar refractivity (Wildman–Crippen MR) is 118 cm³/mol. The maximum atomic E-state index is 11.5. The highest BCUT2D eigenvalue weighted by Gasteiger charge is 2.07. The number of benzene rings is 3. The van der Waals surface area contributed by atoms with Crippen LogP contribution in [0.25, 0.3) is 22.5 Å². The fourth-order valence-electron chi connectivity index (χ4n) is 3.10. The fourth-order valence-corrected chi connectivity index (χ4v) is 3.10. The van der Waals surface area contributed by atoms with Crippen LogP contribution in [0, 0.1) is 11.8 Å².